The molecule has 0 fully saturated rings. The van der Waals surface area contributed by atoms with Crippen LogP contribution in [0.1, 0.15) is 18.7 Å². The summed E-state index contributed by atoms with van der Waals surface area (Å²) in [6.07, 6.45) is 5.61. The van der Waals surface area contributed by atoms with Crippen LogP contribution < -0.4 is 5.32 Å². The van der Waals surface area contributed by atoms with E-state index in [-0.39, 0.29) is 6.04 Å². The highest BCUT2D eigenvalue weighted by Crippen LogP contribution is 2.11. The zero-order chi connectivity index (χ0) is 9.52. The molecular formula is C10H14ClNO. The molecule has 0 saturated heterocycles. The van der Waals surface area contributed by atoms with E-state index >= 15 is 0 Å². The van der Waals surface area contributed by atoms with Gasteiger partial charge in [0.05, 0.1) is 12.3 Å². The molecule has 0 aromatic carbocycles. The third-order valence-corrected chi connectivity index (χ3v) is 1.95. The molecule has 1 heterocycles. The zero-order valence-corrected chi connectivity index (χ0v) is 8.42. The maximum absolute atomic E-state index is 5.48. The normalized spacial score (nSPS) is 13.7. The topological polar surface area (TPSA) is 25.2 Å². The lowest BCUT2D eigenvalue weighted by Crippen LogP contribution is -2.17. The fourth-order valence-corrected chi connectivity index (χ4v) is 1.16. The summed E-state index contributed by atoms with van der Waals surface area (Å²) < 4.78 is 5.24. The van der Waals surface area contributed by atoms with E-state index in [9.17, 15) is 0 Å². The molecule has 1 atom stereocenters. The van der Waals surface area contributed by atoms with Gasteiger partial charge in [-0.1, -0.05) is 12.2 Å². The lowest BCUT2D eigenvalue weighted by molar-refractivity contribution is 0.441. The van der Waals surface area contributed by atoms with Gasteiger partial charge in [0.1, 0.15) is 5.76 Å². The highest BCUT2D eigenvalue weighted by molar-refractivity contribution is 6.18. The van der Waals surface area contributed by atoms with Crippen molar-refractivity contribution >= 4 is 11.6 Å². The summed E-state index contributed by atoms with van der Waals surface area (Å²) in [5.41, 5.74) is 0. The average Bonchev–Trinajstić information content (AvgIpc) is 2.65. The minimum absolute atomic E-state index is 0.245. The van der Waals surface area contributed by atoms with E-state index in [4.69, 9.17) is 16.0 Å². The second-order valence-electron chi connectivity index (χ2n) is 2.77. The van der Waals surface area contributed by atoms with Gasteiger partial charge in [0, 0.05) is 12.4 Å². The molecular weight excluding hydrogens is 186 g/mol. The Morgan fingerprint density at radius 1 is 1.62 bits per heavy atom. The number of nitrogens with one attached hydrogen (secondary N) is 1. The Balaban J connectivity index is 2.26. The van der Waals surface area contributed by atoms with Gasteiger partial charge in [-0.05, 0) is 19.1 Å². The molecule has 0 unspecified atom stereocenters. The Hall–Kier alpha value is -0.730. The first kappa shape index (κ1) is 10.4. The SMILES string of the molecule is C[C@H](NC/C=C/CCl)c1ccco1. The van der Waals surface area contributed by atoms with Gasteiger partial charge in [0.25, 0.3) is 0 Å². The number of furan rings is 1. The molecule has 1 rings (SSSR count). The number of hydrogen-bond acceptors (Lipinski definition) is 2. The molecule has 0 radical (unpaired) electrons. The smallest absolute Gasteiger partial charge is 0.120 e. The molecule has 1 N–H and O–H groups in total. The van der Waals surface area contributed by atoms with Crippen LogP contribution in [0.25, 0.3) is 0 Å². The summed E-state index contributed by atoms with van der Waals surface area (Å²) in [5.74, 6) is 1.52. The predicted octanol–water partition coefficient (Wildman–Crippen LogP) is 2.73. The lowest BCUT2D eigenvalue weighted by atomic mass is 10.2. The molecule has 0 spiro atoms. The van der Waals surface area contributed by atoms with Crippen LogP contribution in [-0.4, -0.2) is 12.4 Å². The van der Waals surface area contributed by atoms with Gasteiger partial charge >= 0.3 is 0 Å². The van der Waals surface area contributed by atoms with E-state index in [0.29, 0.717) is 5.88 Å². The van der Waals surface area contributed by atoms with Crippen molar-refractivity contribution in [2.45, 2.75) is 13.0 Å². The monoisotopic (exact) mass is 199 g/mol. The third-order valence-electron chi connectivity index (χ3n) is 1.77. The maximum Gasteiger partial charge on any atom is 0.120 e. The van der Waals surface area contributed by atoms with E-state index in [1.165, 1.54) is 0 Å². The molecule has 0 bridgehead atoms. The minimum Gasteiger partial charge on any atom is -0.468 e. The molecule has 0 aliphatic carbocycles. The fraction of sp³-hybridized carbons (Fsp3) is 0.400. The minimum atomic E-state index is 0.245. The molecule has 1 aromatic heterocycles. The average molecular weight is 200 g/mol. The number of halogens is 1. The van der Waals surface area contributed by atoms with Crippen molar-refractivity contribution in [1.82, 2.24) is 5.32 Å². The second-order valence-corrected chi connectivity index (χ2v) is 3.08. The maximum atomic E-state index is 5.48. The predicted molar refractivity (Wildman–Crippen MR) is 55.0 cm³/mol. The first-order valence-corrected chi connectivity index (χ1v) is 4.86. The molecule has 0 amide bonds. The van der Waals surface area contributed by atoms with Gasteiger partial charge in [-0.2, -0.15) is 0 Å². The van der Waals surface area contributed by atoms with E-state index in [2.05, 4.69) is 12.2 Å². The first-order chi connectivity index (χ1) is 6.34. The summed E-state index contributed by atoms with van der Waals surface area (Å²) in [4.78, 5) is 0. The van der Waals surface area contributed by atoms with Crippen molar-refractivity contribution < 1.29 is 4.42 Å². The van der Waals surface area contributed by atoms with E-state index in [0.717, 1.165) is 12.3 Å². The number of alkyl halides is 1. The van der Waals surface area contributed by atoms with Crippen molar-refractivity contribution in [2.75, 3.05) is 12.4 Å². The standard InChI is InChI=1S/C10H14ClNO/c1-9(10-5-4-8-13-10)12-7-3-2-6-11/h2-5,8-9,12H,6-7H2,1H3/b3-2+/t9-/m0/s1. The van der Waals surface area contributed by atoms with Gasteiger partial charge in [0.15, 0.2) is 0 Å². The molecule has 1 aromatic rings. The molecule has 0 aliphatic rings. The Labute approximate surface area is 83.6 Å². The molecule has 3 heteroatoms. The van der Waals surface area contributed by atoms with Crippen LogP contribution in [0.2, 0.25) is 0 Å². The van der Waals surface area contributed by atoms with Crippen molar-refractivity contribution in [3.63, 3.8) is 0 Å². The Kier molecular flexibility index (Phi) is 4.65. The fourth-order valence-electron chi connectivity index (χ4n) is 1.03. The highest BCUT2D eigenvalue weighted by Gasteiger charge is 2.04. The largest absolute Gasteiger partial charge is 0.468 e. The van der Waals surface area contributed by atoms with E-state index in [1.54, 1.807) is 6.26 Å². The van der Waals surface area contributed by atoms with Gasteiger partial charge in [0.2, 0.25) is 0 Å². The van der Waals surface area contributed by atoms with Gasteiger partial charge in [-0.25, -0.2) is 0 Å². The first-order valence-electron chi connectivity index (χ1n) is 4.32. The van der Waals surface area contributed by atoms with Crippen LogP contribution in [-0.2, 0) is 0 Å². The van der Waals surface area contributed by atoms with Crippen LogP contribution in [0.5, 0.6) is 0 Å². The Morgan fingerprint density at radius 3 is 3.08 bits per heavy atom. The Morgan fingerprint density at radius 2 is 2.46 bits per heavy atom. The van der Waals surface area contributed by atoms with Crippen LogP contribution >= 0.6 is 11.6 Å². The number of allylic oxidation sites excluding steroid dienone is 1. The van der Waals surface area contributed by atoms with E-state index in [1.807, 2.05) is 24.3 Å². The zero-order valence-electron chi connectivity index (χ0n) is 7.66. The quantitative estimate of drug-likeness (QED) is 0.583. The van der Waals surface area contributed by atoms with Gasteiger partial charge < -0.3 is 9.73 Å². The van der Waals surface area contributed by atoms with Crippen molar-refractivity contribution in [3.05, 3.63) is 36.3 Å². The van der Waals surface area contributed by atoms with Crippen LogP contribution in [0.15, 0.2) is 35.0 Å². The van der Waals surface area contributed by atoms with Crippen molar-refractivity contribution in [1.29, 1.82) is 0 Å². The van der Waals surface area contributed by atoms with Crippen LogP contribution in [0.3, 0.4) is 0 Å². The second kappa shape index (κ2) is 5.84. The lowest BCUT2D eigenvalue weighted by Gasteiger charge is -2.08. The molecule has 0 saturated carbocycles. The molecule has 0 aliphatic heterocycles. The van der Waals surface area contributed by atoms with E-state index < -0.39 is 0 Å². The van der Waals surface area contributed by atoms with Gasteiger partial charge in [-0.15, -0.1) is 11.6 Å². The third kappa shape index (κ3) is 3.66. The van der Waals surface area contributed by atoms with Crippen molar-refractivity contribution in [2.24, 2.45) is 0 Å². The van der Waals surface area contributed by atoms with Crippen molar-refractivity contribution in [3.8, 4) is 0 Å². The highest BCUT2D eigenvalue weighted by atomic mass is 35.5. The summed E-state index contributed by atoms with van der Waals surface area (Å²) in [6.45, 7) is 2.88. The van der Waals surface area contributed by atoms with Crippen LogP contribution in [0, 0.1) is 0 Å². The summed E-state index contributed by atoms with van der Waals surface area (Å²) in [5, 5.41) is 3.28. The molecule has 13 heavy (non-hydrogen) atoms. The molecule has 2 nitrogen and oxygen atoms in total. The van der Waals surface area contributed by atoms with Gasteiger partial charge in [-0.3, -0.25) is 0 Å². The number of rotatable bonds is 5. The number of hydrogen-bond donors (Lipinski definition) is 1. The van der Waals surface area contributed by atoms with Crippen LogP contribution in [0.4, 0.5) is 0 Å². The molecule has 72 valence electrons. The summed E-state index contributed by atoms with van der Waals surface area (Å²) in [6, 6.07) is 4.10. The summed E-state index contributed by atoms with van der Waals surface area (Å²) >= 11 is 5.48. The summed E-state index contributed by atoms with van der Waals surface area (Å²) in [7, 11) is 0. The Bertz CT molecular complexity index is 243.